The second kappa shape index (κ2) is 12.6. The number of nitrogens with zero attached hydrogens (tertiary/aromatic N) is 3. The average molecular weight is 634 g/mol. The number of halogens is 6. The molecule has 1 aliphatic rings. The van der Waals surface area contributed by atoms with Crippen LogP contribution in [-0.4, -0.2) is 30.9 Å². The van der Waals surface area contributed by atoms with Crippen molar-refractivity contribution < 1.29 is 53.0 Å². The molecule has 3 aromatic carbocycles. The molecule has 225 valence electrons. The van der Waals surface area contributed by atoms with Crippen LogP contribution in [0.5, 0.6) is 5.75 Å². The molecule has 42 heavy (non-hydrogen) atoms. The summed E-state index contributed by atoms with van der Waals surface area (Å²) in [5.74, 6) is 0.104. The zero-order valence-electron chi connectivity index (χ0n) is 22.7. The van der Waals surface area contributed by atoms with Gasteiger partial charge in [-0.25, -0.2) is 0 Å². The zero-order chi connectivity index (χ0) is 30.0. The number of alkyl halides is 6. The van der Waals surface area contributed by atoms with Gasteiger partial charge in [0.05, 0.1) is 24.5 Å². The molecule has 5 nitrogen and oxygen atoms in total. The van der Waals surface area contributed by atoms with Gasteiger partial charge in [0.2, 0.25) is 5.90 Å². The van der Waals surface area contributed by atoms with Gasteiger partial charge < -0.3 is 14.7 Å². The number of benzene rings is 3. The van der Waals surface area contributed by atoms with Gasteiger partial charge in [0, 0.05) is 45.7 Å². The molecule has 1 unspecified atom stereocenters. The monoisotopic (exact) mass is 634 g/mol. The van der Waals surface area contributed by atoms with Gasteiger partial charge >= 0.3 is 12.4 Å². The fraction of sp³-hybridized carbons (Fsp3) is 0.267. The Balaban J connectivity index is 0.00000484. The van der Waals surface area contributed by atoms with Crippen LogP contribution in [0.1, 0.15) is 41.7 Å². The molecular weight excluding hydrogens is 607 g/mol. The van der Waals surface area contributed by atoms with Crippen molar-refractivity contribution in [3.63, 3.8) is 0 Å². The number of methoxy groups -OCH3 is 1. The second-order valence-electron chi connectivity index (χ2n) is 9.61. The molecule has 0 aliphatic carbocycles. The second-order valence-corrected chi connectivity index (χ2v) is 9.61. The van der Waals surface area contributed by atoms with E-state index < -0.39 is 40.9 Å². The summed E-state index contributed by atoms with van der Waals surface area (Å²) in [5.41, 5.74) is -1.85. The Kier molecular flexibility index (Phi) is 9.83. The molecule has 0 fully saturated rings. The molecule has 1 N–H and O–H groups in total. The maximum absolute atomic E-state index is 14.0. The molecule has 12 heteroatoms. The van der Waals surface area contributed by atoms with Crippen molar-refractivity contribution in [1.29, 1.82) is 0 Å². The van der Waals surface area contributed by atoms with E-state index in [0.717, 1.165) is 0 Å². The number of likely N-dealkylation sites (N-methyl/N-ethyl adjacent to an activating group) is 1. The third-order valence-electron chi connectivity index (χ3n) is 7.03. The van der Waals surface area contributed by atoms with E-state index in [2.05, 4.69) is 10.2 Å². The number of aliphatic hydroxyl groups excluding tert-OH is 1. The first-order valence-corrected chi connectivity index (χ1v) is 12.6. The Bertz CT molecular complexity index is 1500. The van der Waals surface area contributed by atoms with Crippen molar-refractivity contribution in [3.8, 4) is 5.75 Å². The number of aliphatic hydroxyl groups is 1. The molecule has 0 bridgehead atoms. The number of hydrogen-bond acceptors (Lipinski definition) is 4. The van der Waals surface area contributed by atoms with Crippen molar-refractivity contribution in [3.05, 3.63) is 106 Å². The maximum Gasteiger partial charge on any atom is 0.416 e. The molecule has 0 saturated carbocycles. The minimum atomic E-state index is -4.87. The minimum Gasteiger partial charge on any atom is -0.497 e. The van der Waals surface area contributed by atoms with Gasteiger partial charge in [0.15, 0.2) is 0 Å². The molecular formula is C30H27CoF6N3O2. The van der Waals surface area contributed by atoms with E-state index >= 15 is 0 Å². The largest absolute Gasteiger partial charge is 0.497 e. The quantitative estimate of drug-likeness (QED) is 0.124. The van der Waals surface area contributed by atoms with E-state index in [0.29, 0.717) is 53.0 Å². The molecule has 1 heterocycles. The third kappa shape index (κ3) is 6.65. The van der Waals surface area contributed by atoms with Crippen molar-refractivity contribution in [2.75, 3.05) is 18.6 Å². The van der Waals surface area contributed by atoms with Gasteiger partial charge in [-0.15, -0.1) is 5.10 Å². The van der Waals surface area contributed by atoms with Gasteiger partial charge in [0.1, 0.15) is 5.75 Å². The van der Waals surface area contributed by atoms with Crippen LogP contribution >= 0.6 is 0 Å². The van der Waals surface area contributed by atoms with Crippen molar-refractivity contribution >= 4 is 17.8 Å². The number of rotatable bonds is 7. The van der Waals surface area contributed by atoms with Crippen LogP contribution in [0.15, 0.2) is 88.7 Å². The molecule has 4 rings (SSSR count). The van der Waals surface area contributed by atoms with Crippen LogP contribution in [0.3, 0.4) is 0 Å². The van der Waals surface area contributed by atoms with Gasteiger partial charge in [-0.05, 0) is 86.0 Å². The first-order valence-electron chi connectivity index (χ1n) is 12.6. The fourth-order valence-corrected chi connectivity index (χ4v) is 5.10. The topological polar surface area (TPSA) is 57.4 Å². The molecule has 0 amide bonds. The molecule has 3 aromatic rings. The predicted molar refractivity (Wildman–Crippen MR) is 146 cm³/mol. The van der Waals surface area contributed by atoms with Crippen molar-refractivity contribution in [1.82, 2.24) is 0 Å². The number of ether oxygens (including phenoxy) is 1. The average Bonchev–Trinajstić information content (AvgIpc) is 3.16. The van der Waals surface area contributed by atoms with Crippen LogP contribution in [0, 0.1) is 0 Å². The number of allylic oxidation sites excluding steroid dienone is 2. The van der Waals surface area contributed by atoms with E-state index in [1.807, 2.05) is 11.8 Å². The Labute approximate surface area is 249 Å². The van der Waals surface area contributed by atoms with Crippen LogP contribution in [0.25, 0.3) is 0 Å². The summed E-state index contributed by atoms with van der Waals surface area (Å²) in [6.45, 7) is 3.92. The normalized spacial score (nSPS) is 18.4. The fourth-order valence-electron chi connectivity index (χ4n) is 5.10. The van der Waals surface area contributed by atoms with Gasteiger partial charge in [0.25, 0.3) is 0 Å². The van der Waals surface area contributed by atoms with Gasteiger partial charge in [-0.3, -0.25) is 0 Å². The van der Waals surface area contributed by atoms with Crippen molar-refractivity contribution in [2.24, 2.45) is 10.2 Å². The van der Waals surface area contributed by atoms with Crippen LogP contribution in [-0.2, 0) is 41.0 Å². The maximum atomic E-state index is 14.0. The summed E-state index contributed by atoms with van der Waals surface area (Å²) in [5, 5.41) is 17.9. The Morgan fingerprint density at radius 1 is 0.976 bits per heavy atom. The Morgan fingerprint density at radius 3 is 2.26 bits per heavy atom. The van der Waals surface area contributed by atoms with Crippen LogP contribution in [0.2, 0.25) is 0 Å². The Morgan fingerprint density at radius 2 is 1.67 bits per heavy atom. The molecule has 0 saturated heterocycles. The summed E-state index contributed by atoms with van der Waals surface area (Å²) in [7, 11) is 1.45. The SMILES string of the molecule is CCN1\C(=C/C=N/N=C(\O)c2ccccc2)C(C)(Cc2cc(C(F)(F)F)ccc2C(F)(F)F)c2cc(OC)ccc21.[Co]. The molecule has 0 spiro atoms. The van der Waals surface area contributed by atoms with Crippen LogP contribution in [0.4, 0.5) is 32.0 Å². The molecule has 1 radical (unpaired) electrons. The van der Waals surface area contributed by atoms with Gasteiger partial charge in [-0.1, -0.05) is 18.2 Å². The van der Waals surface area contributed by atoms with Crippen molar-refractivity contribution in [2.45, 2.75) is 38.0 Å². The summed E-state index contributed by atoms with van der Waals surface area (Å²) < 4.78 is 88.1. The predicted octanol–water partition coefficient (Wildman–Crippen LogP) is 7.95. The first-order chi connectivity index (χ1) is 19.3. The standard InChI is InChI=1S/C30H27F6N3O2.Co/c1-4-39-25-13-11-22(41-3)17-24(25)28(2,26(39)14-15-37-38-27(40)19-8-6-5-7-9-19)18-20-16-21(29(31,32)33)10-12-23(20)30(34,35)36;/h5-17H,4,18H2,1-3H3,(H,38,40);/b26-14-,37-15+;. The number of anilines is 1. The molecule has 1 atom stereocenters. The van der Waals surface area contributed by atoms with Gasteiger partial charge in [-0.2, -0.15) is 31.4 Å². The summed E-state index contributed by atoms with van der Waals surface area (Å²) in [6, 6.07) is 15.1. The van der Waals surface area contributed by atoms with E-state index in [-0.39, 0.29) is 22.7 Å². The first kappa shape index (κ1) is 32.7. The smallest absolute Gasteiger partial charge is 0.416 e. The van der Waals surface area contributed by atoms with E-state index in [1.165, 1.54) is 13.3 Å². The Hall–Kier alpha value is -3.77. The number of hydrogen-bond donors (Lipinski definition) is 1. The molecule has 1 aliphatic heterocycles. The summed E-state index contributed by atoms with van der Waals surface area (Å²) in [6.07, 6.45) is -7.27. The minimum absolute atomic E-state index is 0. The zero-order valence-corrected chi connectivity index (χ0v) is 23.8. The van der Waals surface area contributed by atoms with E-state index in [9.17, 15) is 31.4 Å². The number of fused-ring (bicyclic) bond motifs is 1. The van der Waals surface area contributed by atoms with E-state index in [4.69, 9.17) is 4.74 Å². The molecule has 0 aromatic heterocycles. The van der Waals surface area contributed by atoms with Crippen LogP contribution < -0.4 is 9.64 Å². The van der Waals surface area contributed by atoms with E-state index in [1.54, 1.807) is 61.5 Å². The summed E-state index contributed by atoms with van der Waals surface area (Å²) >= 11 is 0. The summed E-state index contributed by atoms with van der Waals surface area (Å²) in [4.78, 5) is 1.85. The third-order valence-corrected chi connectivity index (χ3v) is 7.03.